The van der Waals surface area contributed by atoms with Crippen molar-refractivity contribution < 1.29 is 4.79 Å². The van der Waals surface area contributed by atoms with E-state index in [-0.39, 0.29) is 5.91 Å². The van der Waals surface area contributed by atoms with Crippen LogP contribution in [0.2, 0.25) is 0 Å². The number of hydrogen-bond acceptors (Lipinski definition) is 3. The highest BCUT2D eigenvalue weighted by atomic mass is 32.1. The maximum atomic E-state index is 12.4. The maximum Gasteiger partial charge on any atom is 0.230 e. The lowest BCUT2D eigenvalue weighted by Gasteiger charge is -2.07. The van der Waals surface area contributed by atoms with Gasteiger partial charge in [0, 0.05) is 10.9 Å². The van der Waals surface area contributed by atoms with Gasteiger partial charge < -0.3 is 5.32 Å². The molecule has 4 rings (SSSR count). The van der Waals surface area contributed by atoms with Crippen molar-refractivity contribution in [3.05, 3.63) is 82.7 Å². The number of thiazole rings is 1. The Bertz CT molecular complexity index is 1120. The van der Waals surface area contributed by atoms with Gasteiger partial charge >= 0.3 is 0 Å². The molecule has 0 saturated carbocycles. The summed E-state index contributed by atoms with van der Waals surface area (Å²) in [5.74, 6) is -0.0410. The highest BCUT2D eigenvalue weighted by Crippen LogP contribution is 2.31. The average molecular weight is 372 g/mol. The average Bonchev–Trinajstić information content (AvgIpc) is 3.11. The van der Waals surface area contributed by atoms with Crippen LogP contribution in [0.5, 0.6) is 0 Å². The highest BCUT2D eigenvalue weighted by molar-refractivity contribution is 7.14. The van der Waals surface area contributed by atoms with Crippen molar-refractivity contribution in [1.29, 1.82) is 0 Å². The largest absolute Gasteiger partial charge is 0.302 e. The van der Waals surface area contributed by atoms with Crippen molar-refractivity contribution in [2.75, 3.05) is 5.32 Å². The Morgan fingerprint density at radius 3 is 2.70 bits per heavy atom. The maximum absolute atomic E-state index is 12.4. The molecule has 1 amide bonds. The molecule has 0 bridgehead atoms. The van der Waals surface area contributed by atoms with Gasteiger partial charge in [0.25, 0.3) is 0 Å². The number of hydrogen-bond donors (Lipinski definition) is 1. The molecule has 0 aliphatic carbocycles. The number of aromatic nitrogens is 1. The number of rotatable bonds is 4. The van der Waals surface area contributed by atoms with Crippen LogP contribution >= 0.6 is 11.3 Å². The Hall–Kier alpha value is -2.98. The standard InChI is InChI=1S/C23H20N2OS/c1-15-10-11-18(16(2)12-15)13-22(26)25-23-24-21(14-27-23)20-9-5-7-17-6-3-4-8-19(17)20/h3-12,14H,13H2,1-2H3,(H,24,25,26). The van der Waals surface area contributed by atoms with Crippen LogP contribution in [0, 0.1) is 13.8 Å². The molecule has 0 fully saturated rings. The molecule has 0 spiro atoms. The molecule has 1 aromatic heterocycles. The van der Waals surface area contributed by atoms with E-state index in [1.165, 1.54) is 27.7 Å². The first-order chi connectivity index (χ1) is 13.1. The topological polar surface area (TPSA) is 42.0 Å². The van der Waals surface area contributed by atoms with Crippen LogP contribution in [0.3, 0.4) is 0 Å². The Balaban J connectivity index is 1.53. The predicted molar refractivity (Wildman–Crippen MR) is 113 cm³/mol. The van der Waals surface area contributed by atoms with E-state index in [1.807, 2.05) is 42.6 Å². The van der Waals surface area contributed by atoms with Gasteiger partial charge in [-0.1, -0.05) is 66.2 Å². The predicted octanol–water partition coefficient (Wildman–Crippen LogP) is 5.76. The summed E-state index contributed by atoms with van der Waals surface area (Å²) in [5.41, 5.74) is 5.36. The summed E-state index contributed by atoms with van der Waals surface area (Å²) < 4.78 is 0. The summed E-state index contributed by atoms with van der Waals surface area (Å²) in [6, 6.07) is 20.6. The molecule has 1 heterocycles. The third-order valence-corrected chi connectivity index (χ3v) is 5.42. The van der Waals surface area contributed by atoms with E-state index in [0.717, 1.165) is 22.4 Å². The molecule has 134 valence electrons. The number of carbonyl (C=O) groups excluding carboxylic acids is 1. The van der Waals surface area contributed by atoms with E-state index in [1.54, 1.807) is 0 Å². The second-order valence-corrected chi connectivity index (χ2v) is 7.58. The van der Waals surface area contributed by atoms with Gasteiger partial charge in [-0.3, -0.25) is 4.79 Å². The third kappa shape index (κ3) is 3.76. The smallest absolute Gasteiger partial charge is 0.230 e. The number of nitrogens with zero attached hydrogens (tertiary/aromatic N) is 1. The zero-order valence-corrected chi connectivity index (χ0v) is 16.1. The number of benzene rings is 3. The highest BCUT2D eigenvalue weighted by Gasteiger charge is 2.11. The van der Waals surface area contributed by atoms with Gasteiger partial charge in [-0.25, -0.2) is 4.98 Å². The van der Waals surface area contributed by atoms with Crippen molar-refractivity contribution >= 4 is 33.1 Å². The van der Waals surface area contributed by atoms with E-state index in [2.05, 4.69) is 47.6 Å². The van der Waals surface area contributed by atoms with Crippen molar-refractivity contribution in [2.45, 2.75) is 20.3 Å². The Morgan fingerprint density at radius 2 is 1.85 bits per heavy atom. The first kappa shape index (κ1) is 17.4. The first-order valence-electron chi connectivity index (χ1n) is 8.90. The molecule has 27 heavy (non-hydrogen) atoms. The number of anilines is 1. The van der Waals surface area contributed by atoms with Gasteiger partial charge in [-0.15, -0.1) is 11.3 Å². The first-order valence-corrected chi connectivity index (χ1v) is 9.78. The minimum atomic E-state index is -0.0410. The molecule has 0 saturated heterocycles. The monoisotopic (exact) mass is 372 g/mol. The lowest BCUT2D eigenvalue weighted by molar-refractivity contribution is -0.115. The fraction of sp³-hybridized carbons (Fsp3) is 0.130. The summed E-state index contributed by atoms with van der Waals surface area (Å²) >= 11 is 1.46. The molecule has 0 unspecified atom stereocenters. The Morgan fingerprint density at radius 1 is 1.04 bits per heavy atom. The normalized spacial score (nSPS) is 10.9. The molecule has 4 aromatic rings. The second-order valence-electron chi connectivity index (χ2n) is 6.72. The fourth-order valence-electron chi connectivity index (χ4n) is 3.28. The molecule has 0 radical (unpaired) electrons. The Labute approximate surface area is 162 Å². The van der Waals surface area contributed by atoms with Crippen LogP contribution in [-0.4, -0.2) is 10.9 Å². The molecule has 0 aliphatic heterocycles. The summed E-state index contributed by atoms with van der Waals surface area (Å²) in [7, 11) is 0. The van der Waals surface area contributed by atoms with Gasteiger partial charge in [-0.05, 0) is 35.7 Å². The molecular formula is C23H20N2OS. The summed E-state index contributed by atoms with van der Waals surface area (Å²) in [6.45, 7) is 4.10. The molecule has 0 atom stereocenters. The number of fused-ring (bicyclic) bond motifs is 1. The SMILES string of the molecule is Cc1ccc(CC(=O)Nc2nc(-c3cccc4ccccc34)cs2)c(C)c1. The Kier molecular flexibility index (Phi) is 4.73. The second kappa shape index (κ2) is 7.33. The molecular weight excluding hydrogens is 352 g/mol. The zero-order chi connectivity index (χ0) is 18.8. The minimum absolute atomic E-state index is 0.0410. The molecule has 3 nitrogen and oxygen atoms in total. The van der Waals surface area contributed by atoms with Crippen molar-refractivity contribution in [1.82, 2.24) is 4.98 Å². The van der Waals surface area contributed by atoms with Gasteiger partial charge in [0.15, 0.2) is 5.13 Å². The van der Waals surface area contributed by atoms with Crippen molar-refractivity contribution in [3.8, 4) is 11.3 Å². The van der Waals surface area contributed by atoms with Gasteiger partial charge in [0.05, 0.1) is 12.1 Å². The van der Waals surface area contributed by atoms with Crippen LogP contribution < -0.4 is 5.32 Å². The molecule has 4 heteroatoms. The zero-order valence-electron chi connectivity index (χ0n) is 15.3. The fourth-order valence-corrected chi connectivity index (χ4v) is 4.01. The van der Waals surface area contributed by atoms with Gasteiger partial charge in [0.2, 0.25) is 5.91 Å². The van der Waals surface area contributed by atoms with Gasteiger partial charge in [-0.2, -0.15) is 0 Å². The van der Waals surface area contributed by atoms with Crippen LogP contribution in [0.4, 0.5) is 5.13 Å². The molecule has 1 N–H and O–H groups in total. The number of carbonyl (C=O) groups is 1. The quantitative estimate of drug-likeness (QED) is 0.495. The van der Waals surface area contributed by atoms with Crippen LogP contribution in [0.1, 0.15) is 16.7 Å². The lowest BCUT2D eigenvalue weighted by Crippen LogP contribution is -2.14. The number of amides is 1. The van der Waals surface area contributed by atoms with Crippen molar-refractivity contribution in [2.24, 2.45) is 0 Å². The third-order valence-electron chi connectivity index (χ3n) is 4.67. The lowest BCUT2D eigenvalue weighted by atomic mass is 10.0. The van der Waals surface area contributed by atoms with Crippen LogP contribution in [0.15, 0.2) is 66.0 Å². The van der Waals surface area contributed by atoms with E-state index in [9.17, 15) is 4.79 Å². The van der Waals surface area contributed by atoms with Crippen LogP contribution in [0.25, 0.3) is 22.0 Å². The summed E-state index contributed by atoms with van der Waals surface area (Å²) in [4.78, 5) is 17.1. The van der Waals surface area contributed by atoms with Crippen LogP contribution in [-0.2, 0) is 11.2 Å². The number of nitrogens with one attached hydrogen (secondary N) is 1. The van der Waals surface area contributed by atoms with E-state index < -0.39 is 0 Å². The number of aryl methyl sites for hydroxylation is 2. The summed E-state index contributed by atoms with van der Waals surface area (Å²) in [6.07, 6.45) is 0.356. The van der Waals surface area contributed by atoms with Crippen molar-refractivity contribution in [3.63, 3.8) is 0 Å². The van der Waals surface area contributed by atoms with E-state index in [4.69, 9.17) is 0 Å². The van der Waals surface area contributed by atoms with Gasteiger partial charge in [0.1, 0.15) is 0 Å². The van der Waals surface area contributed by atoms with E-state index >= 15 is 0 Å². The minimum Gasteiger partial charge on any atom is -0.302 e. The molecule has 3 aromatic carbocycles. The molecule has 0 aliphatic rings. The summed E-state index contributed by atoms with van der Waals surface area (Å²) in [5, 5.41) is 7.91. The van der Waals surface area contributed by atoms with E-state index in [0.29, 0.717) is 11.6 Å².